The molecule has 0 spiro atoms. The fourth-order valence-electron chi connectivity index (χ4n) is 3.51. The number of methoxy groups -OCH3 is 1. The molecule has 0 radical (unpaired) electrons. The van der Waals surface area contributed by atoms with Gasteiger partial charge in [0.15, 0.2) is 11.2 Å². The molecule has 0 atom stereocenters. The first-order chi connectivity index (χ1) is 15.6. The molecular weight excluding hydrogens is 432 g/mol. The van der Waals surface area contributed by atoms with Crippen LogP contribution in [0.3, 0.4) is 0 Å². The molecule has 0 saturated heterocycles. The summed E-state index contributed by atoms with van der Waals surface area (Å²) in [4.78, 5) is 31.0. The van der Waals surface area contributed by atoms with Crippen LogP contribution in [0.1, 0.15) is 5.56 Å². The average Bonchev–Trinajstić information content (AvgIpc) is 3.23. The van der Waals surface area contributed by atoms with Gasteiger partial charge in [0.05, 0.1) is 31.0 Å². The summed E-state index contributed by atoms with van der Waals surface area (Å²) in [5.74, 6) is 0.498. The van der Waals surface area contributed by atoms with Gasteiger partial charge in [0.1, 0.15) is 12.4 Å². The second-order valence-corrected chi connectivity index (χ2v) is 7.60. The zero-order valence-electron chi connectivity index (χ0n) is 17.6. The van der Waals surface area contributed by atoms with Gasteiger partial charge in [0.25, 0.3) is 5.56 Å². The predicted molar refractivity (Wildman–Crippen MR) is 123 cm³/mol. The maximum Gasteiger partial charge on any atom is 0.333 e. The molecule has 2 heterocycles. The van der Waals surface area contributed by atoms with E-state index in [-0.39, 0.29) is 13.2 Å². The molecule has 0 bridgehead atoms. The topological polar surface area (TPSA) is 80.3 Å². The highest BCUT2D eigenvalue weighted by molar-refractivity contribution is 6.32. The van der Waals surface area contributed by atoms with Gasteiger partial charge in [-0.05, 0) is 17.7 Å². The Morgan fingerprint density at radius 1 is 0.938 bits per heavy atom. The average molecular weight is 455 g/mol. The highest BCUT2D eigenvalue weighted by Crippen LogP contribution is 2.22. The van der Waals surface area contributed by atoms with Crippen molar-refractivity contribution in [1.29, 1.82) is 0 Å². The Morgan fingerprint density at radius 2 is 1.69 bits per heavy atom. The zero-order valence-corrected chi connectivity index (χ0v) is 18.4. The lowest BCUT2D eigenvalue weighted by Gasteiger charge is -2.13. The predicted octanol–water partition coefficient (Wildman–Crippen LogP) is 2.79. The third kappa shape index (κ3) is 4.46. The first kappa shape index (κ1) is 21.9. The molecule has 0 amide bonds. The number of nitrogens with zero attached hydrogens (tertiary/aromatic N) is 4. The normalized spacial score (nSPS) is 11.2. The summed E-state index contributed by atoms with van der Waals surface area (Å²) >= 11 is 6.13. The maximum atomic E-state index is 13.3. The molecule has 0 fully saturated rings. The minimum absolute atomic E-state index is 0.0725. The fraction of sp³-hybridized carbons (Fsp3) is 0.261. The number of imidazole rings is 1. The Kier molecular flexibility index (Phi) is 6.72. The van der Waals surface area contributed by atoms with E-state index in [4.69, 9.17) is 21.1 Å². The number of aromatic nitrogens is 4. The molecule has 0 N–H and O–H groups in total. The van der Waals surface area contributed by atoms with E-state index >= 15 is 0 Å². The number of benzene rings is 2. The minimum atomic E-state index is -0.439. The number of hydrogen-bond donors (Lipinski definition) is 0. The quantitative estimate of drug-likeness (QED) is 0.388. The van der Waals surface area contributed by atoms with Gasteiger partial charge >= 0.3 is 5.69 Å². The summed E-state index contributed by atoms with van der Waals surface area (Å²) in [6.45, 7) is 1.34. The molecule has 0 aliphatic rings. The van der Waals surface area contributed by atoms with Gasteiger partial charge < -0.3 is 14.0 Å². The number of fused-ring (bicyclic) bond motifs is 1. The highest BCUT2D eigenvalue weighted by atomic mass is 35.5. The van der Waals surface area contributed by atoms with Gasteiger partial charge in [-0.1, -0.05) is 54.1 Å². The zero-order chi connectivity index (χ0) is 22.5. The fourth-order valence-corrected chi connectivity index (χ4v) is 3.70. The van der Waals surface area contributed by atoms with E-state index in [1.54, 1.807) is 42.3 Å². The molecule has 2 aromatic heterocycles. The Morgan fingerprint density at radius 3 is 2.44 bits per heavy atom. The van der Waals surface area contributed by atoms with Crippen molar-refractivity contribution in [3.05, 3.63) is 92.3 Å². The Hall–Kier alpha value is -3.36. The van der Waals surface area contributed by atoms with Crippen molar-refractivity contribution < 1.29 is 9.47 Å². The number of hydrogen-bond acceptors (Lipinski definition) is 5. The number of para-hydroxylation sites is 1. The smallest absolute Gasteiger partial charge is 0.333 e. The largest absolute Gasteiger partial charge is 0.490 e. The summed E-state index contributed by atoms with van der Waals surface area (Å²) in [6, 6.07) is 16.6. The van der Waals surface area contributed by atoms with Crippen LogP contribution in [0.5, 0.6) is 5.75 Å². The molecule has 0 unspecified atom stereocenters. The molecule has 0 aliphatic heterocycles. The third-order valence-corrected chi connectivity index (χ3v) is 5.42. The third-order valence-electron chi connectivity index (χ3n) is 5.11. The molecule has 2 aromatic carbocycles. The maximum absolute atomic E-state index is 13.3. The summed E-state index contributed by atoms with van der Waals surface area (Å²) in [5, 5.41) is 0.467. The lowest BCUT2D eigenvalue weighted by molar-refractivity contribution is 0.188. The minimum Gasteiger partial charge on any atom is -0.490 e. The van der Waals surface area contributed by atoms with E-state index in [1.807, 2.05) is 30.3 Å². The van der Waals surface area contributed by atoms with Crippen molar-refractivity contribution in [3.63, 3.8) is 0 Å². The van der Waals surface area contributed by atoms with Gasteiger partial charge in [-0.25, -0.2) is 9.78 Å². The van der Waals surface area contributed by atoms with Gasteiger partial charge in [0.2, 0.25) is 0 Å². The summed E-state index contributed by atoms with van der Waals surface area (Å²) in [7, 11) is 1.59. The van der Waals surface area contributed by atoms with Crippen molar-refractivity contribution in [2.45, 2.75) is 19.6 Å². The standard InChI is InChI=1S/C23H23ClN4O4/c1-31-13-11-26-16-25-21-20(26)22(29)27(12-14-32-19-10-6-5-9-18(19)24)23(30)28(21)15-17-7-3-2-4-8-17/h2-10,16H,11-15H2,1H3. The first-order valence-corrected chi connectivity index (χ1v) is 10.6. The molecular formula is C23H23ClN4O4. The van der Waals surface area contributed by atoms with Crippen LogP contribution in [0.4, 0.5) is 0 Å². The number of rotatable bonds is 9. The van der Waals surface area contributed by atoms with Gasteiger partial charge in [-0.3, -0.25) is 13.9 Å². The van der Waals surface area contributed by atoms with Crippen molar-refractivity contribution >= 4 is 22.8 Å². The van der Waals surface area contributed by atoms with E-state index in [1.165, 1.54) is 9.13 Å². The summed E-state index contributed by atoms with van der Waals surface area (Å²) < 4.78 is 15.3. The first-order valence-electron chi connectivity index (χ1n) is 10.2. The van der Waals surface area contributed by atoms with Crippen molar-refractivity contribution in [2.24, 2.45) is 0 Å². The number of ether oxygens (including phenoxy) is 2. The SMILES string of the molecule is COCCn1cnc2c1c(=O)n(CCOc1ccccc1Cl)c(=O)n2Cc1ccccc1. The van der Waals surface area contributed by atoms with Crippen molar-refractivity contribution in [2.75, 3.05) is 20.3 Å². The van der Waals surface area contributed by atoms with Crippen LogP contribution in [-0.2, 0) is 24.4 Å². The van der Waals surface area contributed by atoms with Gasteiger partial charge in [-0.15, -0.1) is 0 Å². The lowest BCUT2D eigenvalue weighted by Crippen LogP contribution is -2.42. The van der Waals surface area contributed by atoms with Crippen LogP contribution < -0.4 is 16.0 Å². The van der Waals surface area contributed by atoms with Crippen molar-refractivity contribution in [1.82, 2.24) is 18.7 Å². The molecule has 166 valence electrons. The second kappa shape index (κ2) is 9.84. The Bertz CT molecular complexity index is 1330. The van der Waals surface area contributed by atoms with Gasteiger partial charge in [-0.2, -0.15) is 0 Å². The van der Waals surface area contributed by atoms with Crippen LogP contribution in [0.25, 0.3) is 11.2 Å². The Balaban J connectivity index is 1.74. The molecule has 8 nitrogen and oxygen atoms in total. The van der Waals surface area contributed by atoms with Gasteiger partial charge in [0, 0.05) is 13.7 Å². The van der Waals surface area contributed by atoms with E-state index < -0.39 is 11.2 Å². The van der Waals surface area contributed by atoms with E-state index in [0.29, 0.717) is 41.6 Å². The molecule has 4 aromatic rings. The van der Waals surface area contributed by atoms with Crippen LogP contribution in [0, 0.1) is 0 Å². The van der Waals surface area contributed by atoms with Crippen molar-refractivity contribution in [3.8, 4) is 5.75 Å². The molecule has 32 heavy (non-hydrogen) atoms. The van der Waals surface area contributed by atoms with Crippen LogP contribution in [0.2, 0.25) is 5.02 Å². The second-order valence-electron chi connectivity index (χ2n) is 7.19. The monoisotopic (exact) mass is 454 g/mol. The van der Waals surface area contributed by atoms with E-state index in [9.17, 15) is 9.59 Å². The summed E-state index contributed by atoms with van der Waals surface area (Å²) in [6.07, 6.45) is 1.57. The highest BCUT2D eigenvalue weighted by Gasteiger charge is 2.18. The Labute approximate surface area is 189 Å². The molecule has 0 aliphatic carbocycles. The molecule has 0 saturated carbocycles. The number of halogens is 1. The van der Waals surface area contributed by atoms with Crippen LogP contribution >= 0.6 is 11.6 Å². The van der Waals surface area contributed by atoms with Crippen LogP contribution in [-0.4, -0.2) is 39.0 Å². The summed E-state index contributed by atoms with van der Waals surface area (Å²) in [5.41, 5.74) is 0.787. The van der Waals surface area contributed by atoms with Crippen LogP contribution in [0.15, 0.2) is 70.5 Å². The van der Waals surface area contributed by atoms with E-state index in [0.717, 1.165) is 5.56 Å². The molecule has 9 heteroatoms. The van der Waals surface area contributed by atoms with E-state index in [2.05, 4.69) is 4.98 Å². The lowest BCUT2D eigenvalue weighted by atomic mass is 10.2. The molecule has 4 rings (SSSR count).